The molecule has 3 nitrogen and oxygen atoms in total. The van der Waals surface area contributed by atoms with E-state index in [4.69, 9.17) is 10.2 Å². The lowest BCUT2D eigenvalue weighted by atomic mass is 10.3. The van der Waals surface area contributed by atoms with Gasteiger partial charge >= 0.3 is 0 Å². The first-order valence-corrected chi connectivity index (χ1v) is 4.97. The maximum absolute atomic E-state index is 5.79. The molecule has 1 aliphatic carbocycles. The standard InChI is InChI=1S/C11H12N2O/c12-8-2-1-3-9-11(8)13-10(14-9)6-7-4-5-7/h1-3,7H,4-6,12H2. The Bertz CT molecular complexity index is 471. The van der Waals surface area contributed by atoms with Gasteiger partial charge in [-0.2, -0.15) is 0 Å². The number of aromatic nitrogens is 1. The van der Waals surface area contributed by atoms with E-state index in [-0.39, 0.29) is 0 Å². The van der Waals surface area contributed by atoms with E-state index < -0.39 is 0 Å². The van der Waals surface area contributed by atoms with Crippen LogP contribution in [0.2, 0.25) is 0 Å². The summed E-state index contributed by atoms with van der Waals surface area (Å²) >= 11 is 0. The molecule has 3 heteroatoms. The molecular weight excluding hydrogens is 176 g/mol. The summed E-state index contributed by atoms with van der Waals surface area (Å²) in [6.07, 6.45) is 3.59. The number of anilines is 1. The summed E-state index contributed by atoms with van der Waals surface area (Å²) in [5, 5.41) is 0. The van der Waals surface area contributed by atoms with Gasteiger partial charge in [-0.15, -0.1) is 0 Å². The molecular formula is C11H12N2O. The van der Waals surface area contributed by atoms with Gasteiger partial charge in [0.15, 0.2) is 11.5 Å². The van der Waals surface area contributed by atoms with Gasteiger partial charge in [0, 0.05) is 6.42 Å². The van der Waals surface area contributed by atoms with E-state index in [9.17, 15) is 0 Å². The molecule has 0 saturated heterocycles. The fourth-order valence-corrected chi connectivity index (χ4v) is 1.67. The average Bonchev–Trinajstić information content (AvgIpc) is 2.84. The van der Waals surface area contributed by atoms with Crippen molar-refractivity contribution < 1.29 is 4.42 Å². The third-order valence-corrected chi connectivity index (χ3v) is 2.65. The number of rotatable bonds is 2. The Kier molecular flexibility index (Phi) is 1.54. The van der Waals surface area contributed by atoms with Crippen LogP contribution in [-0.4, -0.2) is 4.98 Å². The first-order chi connectivity index (χ1) is 6.83. The van der Waals surface area contributed by atoms with Crippen LogP contribution >= 0.6 is 0 Å². The number of fused-ring (bicyclic) bond motifs is 1. The van der Waals surface area contributed by atoms with Crippen LogP contribution in [0.4, 0.5) is 5.69 Å². The normalized spacial score (nSPS) is 16.3. The molecule has 0 unspecified atom stereocenters. The van der Waals surface area contributed by atoms with Crippen LogP contribution in [0.3, 0.4) is 0 Å². The lowest BCUT2D eigenvalue weighted by Crippen LogP contribution is -1.87. The molecule has 1 aromatic carbocycles. The van der Waals surface area contributed by atoms with Gasteiger partial charge in [-0.05, 0) is 30.9 Å². The first-order valence-electron chi connectivity index (χ1n) is 4.97. The fraction of sp³-hybridized carbons (Fsp3) is 0.364. The smallest absolute Gasteiger partial charge is 0.195 e. The Morgan fingerprint density at radius 1 is 1.43 bits per heavy atom. The largest absolute Gasteiger partial charge is 0.441 e. The van der Waals surface area contributed by atoms with E-state index in [0.717, 1.165) is 29.3 Å². The Morgan fingerprint density at radius 3 is 3.00 bits per heavy atom. The molecule has 0 radical (unpaired) electrons. The summed E-state index contributed by atoms with van der Waals surface area (Å²) < 4.78 is 5.61. The monoisotopic (exact) mass is 188 g/mol. The predicted octanol–water partition coefficient (Wildman–Crippen LogP) is 2.36. The van der Waals surface area contributed by atoms with Gasteiger partial charge < -0.3 is 10.2 Å². The van der Waals surface area contributed by atoms with Crippen LogP contribution in [0, 0.1) is 5.92 Å². The van der Waals surface area contributed by atoms with Crippen LogP contribution < -0.4 is 5.73 Å². The number of hydrogen-bond donors (Lipinski definition) is 1. The van der Waals surface area contributed by atoms with E-state index in [1.165, 1.54) is 12.8 Å². The van der Waals surface area contributed by atoms with Crippen molar-refractivity contribution in [1.82, 2.24) is 4.98 Å². The molecule has 0 amide bonds. The van der Waals surface area contributed by atoms with Gasteiger partial charge in [-0.25, -0.2) is 4.98 Å². The third kappa shape index (κ3) is 1.25. The molecule has 2 N–H and O–H groups in total. The van der Waals surface area contributed by atoms with Crippen molar-refractivity contribution in [2.45, 2.75) is 19.3 Å². The molecule has 2 aromatic rings. The Balaban J connectivity index is 2.05. The van der Waals surface area contributed by atoms with Crippen LogP contribution in [-0.2, 0) is 6.42 Å². The molecule has 14 heavy (non-hydrogen) atoms. The van der Waals surface area contributed by atoms with E-state index >= 15 is 0 Å². The number of oxazole rings is 1. The van der Waals surface area contributed by atoms with Gasteiger partial charge in [0.25, 0.3) is 0 Å². The van der Waals surface area contributed by atoms with Gasteiger partial charge in [-0.3, -0.25) is 0 Å². The predicted molar refractivity (Wildman–Crippen MR) is 54.8 cm³/mol. The molecule has 0 bridgehead atoms. The Morgan fingerprint density at radius 2 is 2.29 bits per heavy atom. The SMILES string of the molecule is Nc1cccc2oc(CC3CC3)nc12. The van der Waals surface area contributed by atoms with Gasteiger partial charge in [0.05, 0.1) is 5.69 Å². The summed E-state index contributed by atoms with van der Waals surface area (Å²) in [5.74, 6) is 1.63. The lowest BCUT2D eigenvalue weighted by Gasteiger charge is -1.89. The van der Waals surface area contributed by atoms with E-state index in [1.54, 1.807) is 0 Å². The number of nitrogens with two attached hydrogens (primary N) is 1. The number of hydrogen-bond acceptors (Lipinski definition) is 3. The minimum atomic E-state index is 0.702. The molecule has 3 rings (SSSR count). The second kappa shape index (κ2) is 2.74. The molecule has 0 aliphatic heterocycles. The maximum atomic E-state index is 5.79. The molecule has 1 aromatic heterocycles. The fourth-order valence-electron chi connectivity index (χ4n) is 1.67. The van der Waals surface area contributed by atoms with Crippen molar-refractivity contribution in [1.29, 1.82) is 0 Å². The first kappa shape index (κ1) is 7.85. The zero-order valence-corrected chi connectivity index (χ0v) is 7.86. The molecule has 72 valence electrons. The summed E-state index contributed by atoms with van der Waals surface area (Å²) in [6.45, 7) is 0. The van der Waals surface area contributed by atoms with E-state index in [2.05, 4.69) is 4.98 Å². The molecule has 1 aliphatic rings. The zero-order valence-electron chi connectivity index (χ0n) is 7.86. The van der Waals surface area contributed by atoms with Crippen molar-refractivity contribution in [3.8, 4) is 0 Å². The number of benzene rings is 1. The summed E-state index contributed by atoms with van der Waals surface area (Å²) in [6, 6.07) is 5.66. The Labute approximate surface area is 81.9 Å². The summed E-state index contributed by atoms with van der Waals surface area (Å²) in [7, 11) is 0. The van der Waals surface area contributed by atoms with Crippen molar-refractivity contribution in [2.24, 2.45) is 5.92 Å². The van der Waals surface area contributed by atoms with Crippen LogP contribution in [0.25, 0.3) is 11.1 Å². The average molecular weight is 188 g/mol. The number of nitrogen functional groups attached to an aromatic ring is 1. The van der Waals surface area contributed by atoms with Crippen molar-refractivity contribution >= 4 is 16.8 Å². The minimum Gasteiger partial charge on any atom is -0.441 e. The van der Waals surface area contributed by atoms with Crippen molar-refractivity contribution in [2.75, 3.05) is 5.73 Å². The molecule has 1 heterocycles. The Hall–Kier alpha value is -1.51. The van der Waals surface area contributed by atoms with Gasteiger partial charge in [0.2, 0.25) is 0 Å². The summed E-state index contributed by atoms with van der Waals surface area (Å²) in [5.41, 5.74) is 8.11. The highest BCUT2D eigenvalue weighted by molar-refractivity contribution is 5.85. The topological polar surface area (TPSA) is 52.0 Å². The van der Waals surface area contributed by atoms with Gasteiger partial charge in [-0.1, -0.05) is 6.07 Å². The van der Waals surface area contributed by atoms with Gasteiger partial charge in [0.1, 0.15) is 5.52 Å². The lowest BCUT2D eigenvalue weighted by molar-refractivity contribution is 0.514. The highest BCUT2D eigenvalue weighted by Crippen LogP contribution is 2.33. The quantitative estimate of drug-likeness (QED) is 0.736. The zero-order chi connectivity index (χ0) is 9.54. The summed E-state index contributed by atoms with van der Waals surface area (Å²) in [4.78, 5) is 4.40. The third-order valence-electron chi connectivity index (χ3n) is 2.65. The second-order valence-electron chi connectivity index (χ2n) is 3.95. The van der Waals surface area contributed by atoms with Crippen molar-refractivity contribution in [3.05, 3.63) is 24.1 Å². The maximum Gasteiger partial charge on any atom is 0.195 e. The minimum absolute atomic E-state index is 0.702. The molecule has 1 fully saturated rings. The van der Waals surface area contributed by atoms with Crippen LogP contribution in [0.15, 0.2) is 22.6 Å². The van der Waals surface area contributed by atoms with Crippen LogP contribution in [0.1, 0.15) is 18.7 Å². The van der Waals surface area contributed by atoms with E-state index in [1.807, 2.05) is 18.2 Å². The number of para-hydroxylation sites is 1. The second-order valence-corrected chi connectivity index (χ2v) is 3.95. The molecule has 0 spiro atoms. The number of nitrogens with zero attached hydrogens (tertiary/aromatic N) is 1. The van der Waals surface area contributed by atoms with E-state index in [0.29, 0.717) is 5.69 Å². The van der Waals surface area contributed by atoms with Crippen LogP contribution in [0.5, 0.6) is 0 Å². The highest BCUT2D eigenvalue weighted by Gasteiger charge is 2.24. The highest BCUT2D eigenvalue weighted by atomic mass is 16.3. The molecule has 0 atom stereocenters. The van der Waals surface area contributed by atoms with Crippen molar-refractivity contribution in [3.63, 3.8) is 0 Å². The molecule has 1 saturated carbocycles.